The van der Waals surface area contributed by atoms with Gasteiger partial charge in [0.2, 0.25) is 5.89 Å². The van der Waals surface area contributed by atoms with Crippen LogP contribution in [0.4, 0.5) is 0 Å². The number of carbonyl (C=O) groups is 2. The maximum atomic E-state index is 12.4. The van der Waals surface area contributed by atoms with E-state index in [9.17, 15) is 9.59 Å². The lowest BCUT2D eigenvalue weighted by atomic mass is 9.85. The van der Waals surface area contributed by atoms with Crippen molar-refractivity contribution in [1.82, 2.24) is 10.3 Å². The zero-order chi connectivity index (χ0) is 17.0. The Bertz CT molecular complexity index is 694. The summed E-state index contributed by atoms with van der Waals surface area (Å²) < 4.78 is 5.34. The van der Waals surface area contributed by atoms with E-state index in [0.29, 0.717) is 5.89 Å². The summed E-state index contributed by atoms with van der Waals surface area (Å²) >= 11 is 0. The molecule has 1 amide bonds. The number of aromatic nitrogens is 1. The Hall–Kier alpha value is -2.63. The highest BCUT2D eigenvalue weighted by Gasteiger charge is 2.33. The normalized spacial score (nSPS) is 13.6. The first-order valence-electron chi connectivity index (χ1n) is 7.37. The highest BCUT2D eigenvalue weighted by atomic mass is 16.4. The van der Waals surface area contributed by atoms with Crippen molar-refractivity contribution in [1.29, 1.82) is 0 Å². The molecule has 0 spiro atoms. The minimum atomic E-state index is -0.966. The fourth-order valence-corrected chi connectivity index (χ4v) is 2.12. The molecular formula is C17H20N2O4. The minimum Gasteiger partial charge on any atom is -0.481 e. The van der Waals surface area contributed by atoms with Gasteiger partial charge in [-0.25, -0.2) is 4.98 Å². The zero-order valence-corrected chi connectivity index (χ0v) is 13.4. The van der Waals surface area contributed by atoms with Gasteiger partial charge >= 0.3 is 5.97 Å². The van der Waals surface area contributed by atoms with E-state index >= 15 is 0 Å². The van der Waals surface area contributed by atoms with Crippen molar-refractivity contribution in [3.05, 3.63) is 42.3 Å². The lowest BCUT2D eigenvalue weighted by Crippen LogP contribution is -2.51. The molecule has 6 heteroatoms. The molecule has 0 bridgehead atoms. The van der Waals surface area contributed by atoms with Gasteiger partial charge in [-0.15, -0.1) is 0 Å². The lowest BCUT2D eigenvalue weighted by molar-refractivity contribution is -0.138. The third-order valence-corrected chi connectivity index (χ3v) is 3.95. The molecule has 0 aliphatic heterocycles. The van der Waals surface area contributed by atoms with Crippen LogP contribution < -0.4 is 5.32 Å². The summed E-state index contributed by atoms with van der Waals surface area (Å²) in [6, 6.07) is 9.23. The maximum Gasteiger partial charge on any atom is 0.305 e. The Morgan fingerprint density at radius 1 is 1.30 bits per heavy atom. The van der Waals surface area contributed by atoms with Gasteiger partial charge < -0.3 is 14.8 Å². The van der Waals surface area contributed by atoms with Crippen LogP contribution in [0.25, 0.3) is 11.5 Å². The van der Waals surface area contributed by atoms with Gasteiger partial charge in [0.1, 0.15) is 6.26 Å². The highest BCUT2D eigenvalue weighted by Crippen LogP contribution is 2.22. The van der Waals surface area contributed by atoms with Crippen LogP contribution in [0, 0.1) is 5.92 Å². The molecule has 1 heterocycles. The Kier molecular flexibility index (Phi) is 4.83. The molecule has 1 unspecified atom stereocenters. The average Bonchev–Trinajstić information content (AvgIpc) is 2.97. The summed E-state index contributed by atoms with van der Waals surface area (Å²) in [5.74, 6) is -1.12. The Balaban J connectivity index is 2.17. The molecule has 0 aliphatic rings. The number of carboxylic acid groups (broad SMARTS) is 1. The molecule has 0 fully saturated rings. The molecule has 0 radical (unpaired) electrons. The fraction of sp³-hybridized carbons (Fsp3) is 0.353. The third-order valence-electron chi connectivity index (χ3n) is 3.95. The highest BCUT2D eigenvalue weighted by molar-refractivity contribution is 5.93. The van der Waals surface area contributed by atoms with Crippen LogP contribution >= 0.6 is 0 Å². The van der Waals surface area contributed by atoms with Crippen molar-refractivity contribution in [3.8, 4) is 11.5 Å². The van der Waals surface area contributed by atoms with Crippen molar-refractivity contribution in [2.24, 2.45) is 5.92 Å². The van der Waals surface area contributed by atoms with Crippen molar-refractivity contribution < 1.29 is 19.1 Å². The standard InChI is InChI=1S/C17H20N2O4/c1-11(2)17(3,9-14(20)21)19-15(22)13-10-23-16(18-13)12-7-5-4-6-8-12/h4-8,10-11H,9H2,1-3H3,(H,19,22)(H,20,21). The van der Waals surface area contributed by atoms with Gasteiger partial charge in [0.25, 0.3) is 5.91 Å². The fourth-order valence-electron chi connectivity index (χ4n) is 2.12. The predicted molar refractivity (Wildman–Crippen MR) is 84.9 cm³/mol. The number of nitrogens with zero attached hydrogens (tertiary/aromatic N) is 1. The second kappa shape index (κ2) is 6.64. The van der Waals surface area contributed by atoms with E-state index in [1.807, 2.05) is 44.2 Å². The van der Waals surface area contributed by atoms with Gasteiger partial charge in [-0.3, -0.25) is 9.59 Å². The number of benzene rings is 1. The summed E-state index contributed by atoms with van der Waals surface area (Å²) in [6.07, 6.45) is 1.11. The second-order valence-electron chi connectivity index (χ2n) is 6.00. The van der Waals surface area contributed by atoms with E-state index in [4.69, 9.17) is 9.52 Å². The molecule has 2 aromatic rings. The van der Waals surface area contributed by atoms with Crippen LogP contribution in [0.1, 0.15) is 37.7 Å². The number of nitrogens with one attached hydrogen (secondary N) is 1. The van der Waals surface area contributed by atoms with Crippen LogP contribution in [0.2, 0.25) is 0 Å². The number of rotatable bonds is 6. The molecular weight excluding hydrogens is 296 g/mol. The third kappa shape index (κ3) is 3.97. The quantitative estimate of drug-likeness (QED) is 0.854. The molecule has 1 aromatic carbocycles. The van der Waals surface area contributed by atoms with Gasteiger partial charge in [-0.2, -0.15) is 0 Å². The topological polar surface area (TPSA) is 92.4 Å². The summed E-state index contributed by atoms with van der Waals surface area (Å²) in [6.45, 7) is 5.44. The van der Waals surface area contributed by atoms with Crippen LogP contribution in [-0.2, 0) is 4.79 Å². The number of carbonyl (C=O) groups excluding carboxylic acids is 1. The van der Waals surface area contributed by atoms with E-state index in [2.05, 4.69) is 10.3 Å². The van der Waals surface area contributed by atoms with Crippen molar-refractivity contribution in [2.75, 3.05) is 0 Å². The number of amides is 1. The average molecular weight is 316 g/mol. The number of carboxylic acids is 1. The van der Waals surface area contributed by atoms with Gasteiger partial charge in [0.15, 0.2) is 5.69 Å². The van der Waals surface area contributed by atoms with Gasteiger partial charge in [-0.05, 0) is 25.0 Å². The van der Waals surface area contributed by atoms with Crippen LogP contribution in [0.15, 0.2) is 41.0 Å². The minimum absolute atomic E-state index is 0.0527. The summed E-state index contributed by atoms with van der Waals surface area (Å²) in [7, 11) is 0. The van der Waals surface area contributed by atoms with E-state index in [1.165, 1.54) is 6.26 Å². The monoisotopic (exact) mass is 316 g/mol. The number of hydrogen-bond donors (Lipinski definition) is 2. The first kappa shape index (κ1) is 16.7. The predicted octanol–water partition coefficient (Wildman–Crippen LogP) is 2.96. The molecule has 2 rings (SSSR count). The van der Waals surface area contributed by atoms with Gasteiger partial charge in [0, 0.05) is 5.56 Å². The smallest absolute Gasteiger partial charge is 0.305 e. The molecule has 0 aliphatic carbocycles. The zero-order valence-electron chi connectivity index (χ0n) is 13.4. The first-order chi connectivity index (χ1) is 10.8. The lowest BCUT2D eigenvalue weighted by Gasteiger charge is -2.33. The Labute approximate surface area is 134 Å². The van der Waals surface area contributed by atoms with E-state index in [-0.39, 0.29) is 18.0 Å². The Morgan fingerprint density at radius 3 is 2.52 bits per heavy atom. The Morgan fingerprint density at radius 2 is 1.96 bits per heavy atom. The number of hydrogen-bond acceptors (Lipinski definition) is 4. The molecule has 1 atom stereocenters. The van der Waals surface area contributed by atoms with E-state index < -0.39 is 17.4 Å². The van der Waals surface area contributed by atoms with Crippen molar-refractivity contribution in [2.45, 2.75) is 32.7 Å². The molecule has 6 nitrogen and oxygen atoms in total. The summed E-state index contributed by atoms with van der Waals surface area (Å²) in [5, 5.41) is 11.8. The largest absolute Gasteiger partial charge is 0.481 e. The SMILES string of the molecule is CC(C)C(C)(CC(=O)O)NC(=O)c1coc(-c2ccccc2)n1. The number of oxazole rings is 1. The maximum absolute atomic E-state index is 12.4. The van der Waals surface area contributed by atoms with Crippen molar-refractivity contribution in [3.63, 3.8) is 0 Å². The summed E-state index contributed by atoms with van der Waals surface area (Å²) in [4.78, 5) is 27.6. The molecule has 0 saturated carbocycles. The van der Waals surface area contributed by atoms with Crippen LogP contribution in [0.5, 0.6) is 0 Å². The van der Waals surface area contributed by atoms with Gasteiger partial charge in [-0.1, -0.05) is 32.0 Å². The molecule has 2 N–H and O–H groups in total. The molecule has 23 heavy (non-hydrogen) atoms. The van der Waals surface area contributed by atoms with Crippen molar-refractivity contribution >= 4 is 11.9 Å². The van der Waals surface area contributed by atoms with Crippen LogP contribution in [-0.4, -0.2) is 27.5 Å². The van der Waals surface area contributed by atoms with Crippen LogP contribution in [0.3, 0.4) is 0 Å². The molecule has 0 saturated heterocycles. The van der Waals surface area contributed by atoms with E-state index in [1.54, 1.807) is 6.92 Å². The first-order valence-corrected chi connectivity index (χ1v) is 7.37. The number of aliphatic carboxylic acids is 1. The molecule has 1 aromatic heterocycles. The van der Waals surface area contributed by atoms with E-state index in [0.717, 1.165) is 5.56 Å². The second-order valence-corrected chi connectivity index (χ2v) is 6.00. The summed E-state index contributed by atoms with van der Waals surface area (Å²) in [5.41, 5.74) is 0.0271. The molecule has 122 valence electrons. The van der Waals surface area contributed by atoms with Gasteiger partial charge in [0.05, 0.1) is 12.0 Å².